The van der Waals surface area contributed by atoms with Crippen LogP contribution < -0.4 is 0 Å². The Morgan fingerprint density at radius 2 is 1.86 bits per heavy atom. The number of aliphatic hydroxyl groups is 1. The molecule has 0 aliphatic heterocycles. The molecule has 0 saturated heterocycles. The molecule has 1 nitrogen and oxygen atoms in total. The van der Waals surface area contributed by atoms with E-state index in [9.17, 15) is 5.11 Å². The Morgan fingerprint density at radius 1 is 1.10 bits per heavy atom. The van der Waals surface area contributed by atoms with Crippen LogP contribution in [0.15, 0.2) is 23.3 Å². The summed E-state index contributed by atoms with van der Waals surface area (Å²) >= 11 is 0. The number of rotatable bonds is 4. The van der Waals surface area contributed by atoms with Crippen molar-refractivity contribution < 1.29 is 5.11 Å². The van der Waals surface area contributed by atoms with Gasteiger partial charge in [0.05, 0.1) is 6.10 Å². The van der Waals surface area contributed by atoms with Crippen LogP contribution in [-0.2, 0) is 0 Å². The molecule has 0 heterocycles. The molecule has 4 aliphatic rings. The van der Waals surface area contributed by atoms with E-state index in [-0.39, 0.29) is 6.10 Å². The van der Waals surface area contributed by atoms with Crippen molar-refractivity contribution in [2.75, 3.05) is 0 Å². The Morgan fingerprint density at radius 3 is 2.59 bits per heavy atom. The van der Waals surface area contributed by atoms with Crippen LogP contribution in [0.4, 0.5) is 0 Å². The summed E-state index contributed by atoms with van der Waals surface area (Å²) in [5, 5.41) is 10.2. The zero-order valence-corrected chi connectivity index (χ0v) is 20.0. The topological polar surface area (TPSA) is 20.2 Å². The molecule has 1 N–H and O–H groups in total. The van der Waals surface area contributed by atoms with E-state index in [4.69, 9.17) is 0 Å². The van der Waals surface area contributed by atoms with Gasteiger partial charge in [-0.25, -0.2) is 0 Å². The van der Waals surface area contributed by atoms with E-state index in [0.717, 1.165) is 42.4 Å². The summed E-state index contributed by atoms with van der Waals surface area (Å²) in [5.41, 5.74) is 4.11. The Hall–Kier alpha value is -0.560. The molecule has 4 aliphatic carbocycles. The van der Waals surface area contributed by atoms with Crippen LogP contribution in [0, 0.1) is 46.3 Å². The Labute approximate surface area is 180 Å². The highest BCUT2D eigenvalue weighted by molar-refractivity contribution is 5.25. The van der Waals surface area contributed by atoms with E-state index >= 15 is 0 Å². The minimum Gasteiger partial charge on any atom is -0.393 e. The summed E-state index contributed by atoms with van der Waals surface area (Å²) in [5.74, 6) is 5.07. The summed E-state index contributed by atoms with van der Waals surface area (Å²) in [6.07, 6.45) is 16.5. The lowest BCUT2D eigenvalue weighted by molar-refractivity contribution is -0.0565. The first-order valence-electron chi connectivity index (χ1n) is 12.7. The first kappa shape index (κ1) is 21.7. The molecule has 0 spiro atoms. The van der Waals surface area contributed by atoms with Crippen LogP contribution >= 0.6 is 0 Å². The van der Waals surface area contributed by atoms with E-state index < -0.39 is 0 Å². The van der Waals surface area contributed by atoms with E-state index in [1.165, 1.54) is 44.9 Å². The predicted molar refractivity (Wildman–Crippen MR) is 124 cm³/mol. The summed E-state index contributed by atoms with van der Waals surface area (Å²) in [7, 11) is 0. The van der Waals surface area contributed by atoms with E-state index in [1.54, 1.807) is 11.1 Å². The minimum absolute atomic E-state index is 0.0845. The lowest BCUT2D eigenvalue weighted by Crippen LogP contribution is -2.50. The van der Waals surface area contributed by atoms with Crippen molar-refractivity contribution in [1.82, 2.24) is 0 Å². The van der Waals surface area contributed by atoms with Crippen molar-refractivity contribution in [1.29, 1.82) is 0 Å². The molecule has 0 aromatic rings. The van der Waals surface area contributed by atoms with Crippen LogP contribution in [0.2, 0.25) is 0 Å². The number of fused-ring (bicyclic) bond motifs is 5. The highest BCUT2D eigenvalue weighted by Crippen LogP contribution is 2.67. The SMILES string of the molecule is C/C(=C\C[C@@H](C)[C@H]1CC[C@H]2[C@@H]3CC=C4C[C@@H](O)CC[C@]4(C)[C@H]3CC[C@]12C)C(C)C. The van der Waals surface area contributed by atoms with Gasteiger partial charge < -0.3 is 5.11 Å². The average Bonchev–Trinajstić information content (AvgIpc) is 3.03. The molecule has 0 unspecified atom stereocenters. The van der Waals surface area contributed by atoms with Gasteiger partial charge in [0.2, 0.25) is 0 Å². The van der Waals surface area contributed by atoms with Gasteiger partial charge in [-0.15, -0.1) is 0 Å². The lowest BCUT2D eigenvalue weighted by Gasteiger charge is -2.58. The van der Waals surface area contributed by atoms with E-state index in [0.29, 0.717) is 16.7 Å². The molecule has 1 heteroatoms. The maximum atomic E-state index is 10.2. The van der Waals surface area contributed by atoms with Gasteiger partial charge in [0.25, 0.3) is 0 Å². The lowest BCUT2D eigenvalue weighted by atomic mass is 9.47. The van der Waals surface area contributed by atoms with Crippen molar-refractivity contribution >= 4 is 0 Å². The van der Waals surface area contributed by atoms with Gasteiger partial charge in [-0.2, -0.15) is 0 Å². The molecule has 0 aromatic heterocycles. The van der Waals surface area contributed by atoms with Gasteiger partial charge in [-0.3, -0.25) is 0 Å². The first-order valence-corrected chi connectivity index (χ1v) is 12.7. The molecule has 0 aromatic carbocycles. The quantitative estimate of drug-likeness (QED) is 0.484. The minimum atomic E-state index is -0.0845. The Kier molecular flexibility index (Phi) is 5.86. The summed E-state index contributed by atoms with van der Waals surface area (Å²) in [6, 6.07) is 0. The van der Waals surface area contributed by atoms with Crippen LogP contribution in [0.25, 0.3) is 0 Å². The van der Waals surface area contributed by atoms with Gasteiger partial charge in [-0.1, -0.05) is 57.9 Å². The monoisotopic (exact) mass is 398 g/mol. The molecule has 164 valence electrons. The zero-order chi connectivity index (χ0) is 21.0. The van der Waals surface area contributed by atoms with Gasteiger partial charge in [0.1, 0.15) is 0 Å². The predicted octanol–water partition coefficient (Wildman–Crippen LogP) is 7.55. The molecule has 4 rings (SSSR count). The smallest absolute Gasteiger partial charge is 0.0577 e. The van der Waals surface area contributed by atoms with Gasteiger partial charge in [-0.05, 0) is 111 Å². The fourth-order valence-electron chi connectivity index (χ4n) is 8.39. The molecule has 0 bridgehead atoms. The third-order valence-corrected chi connectivity index (χ3v) is 10.6. The highest BCUT2D eigenvalue weighted by Gasteiger charge is 2.59. The summed E-state index contributed by atoms with van der Waals surface area (Å²) in [6.45, 7) is 14.7. The van der Waals surface area contributed by atoms with Gasteiger partial charge in [0.15, 0.2) is 0 Å². The standard InChI is InChI=1S/C28H46O/c1-18(2)19(3)7-8-20(4)24-11-12-25-23-10-9-21-17-22(29)13-15-27(21,5)26(23)14-16-28(24,25)6/h7,9,18,20,22-26,29H,8,10-17H2,1-6H3/b19-7+/t20-,22+,23+,24-,25+,26+,27+,28-/m1/s1. The largest absolute Gasteiger partial charge is 0.393 e. The van der Waals surface area contributed by atoms with Crippen LogP contribution in [0.5, 0.6) is 0 Å². The first-order chi connectivity index (χ1) is 13.7. The van der Waals surface area contributed by atoms with Crippen molar-refractivity contribution in [3.8, 4) is 0 Å². The van der Waals surface area contributed by atoms with Gasteiger partial charge in [0, 0.05) is 0 Å². The Bertz CT molecular complexity index is 672. The summed E-state index contributed by atoms with van der Waals surface area (Å²) < 4.78 is 0. The van der Waals surface area contributed by atoms with Crippen LogP contribution in [0.1, 0.15) is 99.3 Å². The maximum absolute atomic E-state index is 10.2. The average molecular weight is 399 g/mol. The van der Waals surface area contributed by atoms with Crippen molar-refractivity contribution in [2.45, 2.75) is 105 Å². The second-order valence-electron chi connectivity index (χ2n) is 12.2. The molecular weight excluding hydrogens is 352 g/mol. The fourth-order valence-corrected chi connectivity index (χ4v) is 8.39. The highest BCUT2D eigenvalue weighted by atomic mass is 16.3. The van der Waals surface area contributed by atoms with Crippen molar-refractivity contribution in [3.63, 3.8) is 0 Å². The maximum Gasteiger partial charge on any atom is 0.0577 e. The fraction of sp³-hybridized carbons (Fsp3) is 0.857. The van der Waals surface area contributed by atoms with Crippen molar-refractivity contribution in [2.24, 2.45) is 46.3 Å². The van der Waals surface area contributed by atoms with Crippen LogP contribution in [-0.4, -0.2) is 11.2 Å². The Balaban J connectivity index is 1.52. The number of hydrogen-bond acceptors (Lipinski definition) is 1. The number of allylic oxidation sites excluding steroid dienone is 3. The third-order valence-electron chi connectivity index (χ3n) is 10.6. The van der Waals surface area contributed by atoms with Crippen molar-refractivity contribution in [3.05, 3.63) is 23.3 Å². The molecule has 29 heavy (non-hydrogen) atoms. The molecule has 8 atom stereocenters. The van der Waals surface area contributed by atoms with E-state index in [2.05, 4.69) is 53.7 Å². The molecule has 0 radical (unpaired) electrons. The second kappa shape index (κ2) is 7.85. The molecular formula is C28H46O. The van der Waals surface area contributed by atoms with E-state index in [1.807, 2.05) is 0 Å². The van der Waals surface area contributed by atoms with Gasteiger partial charge >= 0.3 is 0 Å². The number of aliphatic hydroxyl groups excluding tert-OH is 1. The molecule has 3 fully saturated rings. The molecule has 0 amide bonds. The molecule has 3 saturated carbocycles. The second-order valence-corrected chi connectivity index (χ2v) is 12.2. The third kappa shape index (κ3) is 3.58. The zero-order valence-electron chi connectivity index (χ0n) is 20.0. The summed E-state index contributed by atoms with van der Waals surface area (Å²) in [4.78, 5) is 0. The normalized spacial score (nSPS) is 46.0. The number of hydrogen-bond donors (Lipinski definition) is 1. The van der Waals surface area contributed by atoms with Crippen LogP contribution in [0.3, 0.4) is 0 Å².